The van der Waals surface area contributed by atoms with Crippen LogP contribution in [0.2, 0.25) is 0 Å². The SMILES string of the molecule is C[C@@]1(Cl)[C@H](OC(=O)c2ccccc2)C2(CC2OC(=O)c2ccccc2)O[C@H]1n1cnc2c(=O)[nH]c(N)nc21. The number of rotatable bonds is 5. The highest BCUT2D eigenvalue weighted by atomic mass is 35.5. The number of carbonyl (C=O) groups is 2. The Balaban J connectivity index is 1.37. The van der Waals surface area contributed by atoms with Crippen molar-refractivity contribution in [2.75, 3.05) is 5.73 Å². The van der Waals surface area contributed by atoms with Gasteiger partial charge in [0.15, 0.2) is 23.5 Å². The molecule has 1 saturated heterocycles. The molecule has 2 unspecified atom stereocenters. The van der Waals surface area contributed by atoms with Crippen LogP contribution >= 0.6 is 11.6 Å². The number of nitrogen functional groups attached to an aromatic ring is 1. The number of nitrogens with two attached hydrogens (primary N) is 1. The molecule has 0 bridgehead atoms. The third-order valence-corrected chi connectivity index (χ3v) is 7.24. The summed E-state index contributed by atoms with van der Waals surface area (Å²) in [5.41, 5.74) is 4.88. The summed E-state index contributed by atoms with van der Waals surface area (Å²) in [5, 5.41) is 0. The number of esters is 2. The fraction of sp³-hybridized carbons (Fsp3) is 0.269. The van der Waals surface area contributed by atoms with E-state index in [-0.39, 0.29) is 23.5 Å². The molecule has 38 heavy (non-hydrogen) atoms. The number of nitrogens with one attached hydrogen (secondary N) is 1. The third kappa shape index (κ3) is 3.82. The van der Waals surface area contributed by atoms with E-state index >= 15 is 0 Å². The number of nitrogens with zero attached hydrogens (tertiary/aromatic N) is 3. The third-order valence-electron chi connectivity index (χ3n) is 6.86. The number of imidazole rings is 1. The molecular formula is C26H22ClN5O6. The van der Waals surface area contributed by atoms with Gasteiger partial charge in [-0.05, 0) is 31.2 Å². The Bertz CT molecular complexity index is 1600. The maximum atomic E-state index is 13.1. The second kappa shape index (κ2) is 8.67. The van der Waals surface area contributed by atoms with Crippen LogP contribution in [0.4, 0.5) is 5.95 Å². The van der Waals surface area contributed by atoms with E-state index in [1.54, 1.807) is 67.6 Å². The predicted molar refractivity (Wildman–Crippen MR) is 136 cm³/mol. The summed E-state index contributed by atoms with van der Waals surface area (Å²) >= 11 is 7.11. The zero-order valence-electron chi connectivity index (χ0n) is 20.0. The van der Waals surface area contributed by atoms with Gasteiger partial charge in [-0.2, -0.15) is 4.98 Å². The fourth-order valence-corrected chi connectivity index (χ4v) is 5.32. The monoisotopic (exact) mass is 535 g/mol. The lowest BCUT2D eigenvalue weighted by Crippen LogP contribution is -2.44. The summed E-state index contributed by atoms with van der Waals surface area (Å²) in [6.45, 7) is 1.65. The van der Waals surface area contributed by atoms with E-state index in [9.17, 15) is 14.4 Å². The van der Waals surface area contributed by atoms with E-state index in [0.717, 1.165) is 0 Å². The number of aromatic nitrogens is 4. The van der Waals surface area contributed by atoms with Crippen LogP contribution in [0, 0.1) is 0 Å². The van der Waals surface area contributed by atoms with Crippen LogP contribution in [-0.4, -0.2) is 54.1 Å². The first-order chi connectivity index (χ1) is 18.2. The molecule has 1 aliphatic heterocycles. The number of alkyl halides is 1. The number of aromatic amines is 1. The summed E-state index contributed by atoms with van der Waals surface area (Å²) in [4.78, 5) is 47.6. The van der Waals surface area contributed by atoms with Crippen molar-refractivity contribution in [1.29, 1.82) is 0 Å². The number of fused-ring (bicyclic) bond motifs is 1. The molecule has 11 nitrogen and oxygen atoms in total. The molecule has 1 spiro atoms. The molecular weight excluding hydrogens is 514 g/mol. The van der Waals surface area contributed by atoms with E-state index < -0.39 is 46.4 Å². The number of halogens is 1. The highest BCUT2D eigenvalue weighted by molar-refractivity contribution is 6.25. The van der Waals surface area contributed by atoms with Gasteiger partial charge in [-0.1, -0.05) is 36.4 Å². The van der Waals surface area contributed by atoms with Crippen LogP contribution in [0.3, 0.4) is 0 Å². The first kappa shape index (κ1) is 24.1. The molecule has 3 heterocycles. The first-order valence-electron chi connectivity index (χ1n) is 11.8. The molecule has 3 N–H and O–H groups in total. The van der Waals surface area contributed by atoms with Gasteiger partial charge in [-0.3, -0.25) is 14.3 Å². The van der Waals surface area contributed by atoms with Crippen molar-refractivity contribution in [2.24, 2.45) is 0 Å². The average Bonchev–Trinajstić information content (AvgIpc) is 3.33. The summed E-state index contributed by atoms with van der Waals surface area (Å²) < 4.78 is 19.6. The predicted octanol–water partition coefficient (Wildman–Crippen LogP) is 2.82. The Morgan fingerprint density at radius 3 is 2.32 bits per heavy atom. The number of carbonyl (C=O) groups excluding carboxylic acids is 2. The van der Waals surface area contributed by atoms with Crippen LogP contribution in [0.15, 0.2) is 71.8 Å². The normalized spacial score (nSPS) is 27.9. The van der Waals surface area contributed by atoms with Gasteiger partial charge in [0.2, 0.25) is 5.95 Å². The van der Waals surface area contributed by atoms with Gasteiger partial charge in [-0.25, -0.2) is 14.6 Å². The summed E-state index contributed by atoms with van der Waals surface area (Å²) in [7, 11) is 0. The second-order valence-electron chi connectivity index (χ2n) is 9.47. The molecule has 1 aliphatic carbocycles. The Kier molecular flexibility index (Phi) is 5.51. The number of H-pyrrole nitrogens is 1. The fourth-order valence-electron chi connectivity index (χ4n) is 4.94. The molecule has 5 atom stereocenters. The van der Waals surface area contributed by atoms with Crippen LogP contribution in [-0.2, 0) is 14.2 Å². The van der Waals surface area contributed by atoms with Crippen molar-refractivity contribution in [1.82, 2.24) is 19.5 Å². The average molecular weight is 536 g/mol. The van der Waals surface area contributed by atoms with Crippen LogP contribution < -0.4 is 11.3 Å². The van der Waals surface area contributed by atoms with E-state index in [4.69, 9.17) is 31.5 Å². The highest BCUT2D eigenvalue weighted by Crippen LogP contribution is 2.61. The molecule has 194 valence electrons. The summed E-state index contributed by atoms with van der Waals surface area (Å²) in [6, 6.07) is 17.0. The first-order valence-corrected chi connectivity index (χ1v) is 12.2. The number of hydrogen-bond acceptors (Lipinski definition) is 9. The molecule has 6 rings (SSSR count). The number of anilines is 1. The van der Waals surface area contributed by atoms with Gasteiger partial charge in [0.05, 0.1) is 17.5 Å². The minimum absolute atomic E-state index is 0.0388. The number of hydrogen-bond donors (Lipinski definition) is 2. The second-order valence-corrected chi connectivity index (χ2v) is 10.3. The Hall–Kier alpha value is -4.22. The van der Waals surface area contributed by atoms with E-state index in [2.05, 4.69) is 15.0 Å². The van der Waals surface area contributed by atoms with E-state index in [1.165, 1.54) is 10.9 Å². The van der Waals surface area contributed by atoms with Crippen molar-refractivity contribution in [3.05, 3.63) is 88.5 Å². The smallest absolute Gasteiger partial charge is 0.338 e. The van der Waals surface area contributed by atoms with Gasteiger partial charge in [0, 0.05) is 6.42 Å². The standard InChI is InChI=1S/C26H22ClN5O6/c1-25(27)22(37-21(35)15-10-6-3-7-11-15)26(12-16(26)36-20(34)14-8-4-2-5-9-14)38-23(25)32-13-29-17-18(32)30-24(28)31-19(17)33/h2-11,13,16,22-23H,12H2,1H3,(H3,28,30,31,33)/t16?,22-,23+,25+,26?/m0/s1. The summed E-state index contributed by atoms with van der Waals surface area (Å²) in [6.07, 6.45) is -1.19. The van der Waals surface area contributed by atoms with Crippen LogP contribution in [0.5, 0.6) is 0 Å². The lowest BCUT2D eigenvalue weighted by molar-refractivity contribution is -0.0680. The highest BCUT2D eigenvalue weighted by Gasteiger charge is 2.77. The maximum absolute atomic E-state index is 13.1. The van der Waals surface area contributed by atoms with Crippen molar-refractivity contribution in [2.45, 2.75) is 42.3 Å². The largest absolute Gasteiger partial charge is 0.455 e. The Morgan fingerprint density at radius 2 is 1.68 bits per heavy atom. The molecule has 12 heteroatoms. The maximum Gasteiger partial charge on any atom is 0.338 e. The quantitative estimate of drug-likeness (QED) is 0.290. The number of ether oxygens (including phenoxy) is 3. The minimum Gasteiger partial charge on any atom is -0.455 e. The lowest BCUT2D eigenvalue weighted by Gasteiger charge is -2.29. The van der Waals surface area contributed by atoms with Gasteiger partial charge < -0.3 is 19.9 Å². The van der Waals surface area contributed by atoms with E-state index in [0.29, 0.717) is 11.1 Å². The molecule has 2 aromatic heterocycles. The van der Waals surface area contributed by atoms with Crippen molar-refractivity contribution in [3.8, 4) is 0 Å². The van der Waals surface area contributed by atoms with Gasteiger partial charge in [-0.15, -0.1) is 11.6 Å². The van der Waals surface area contributed by atoms with Crippen LogP contribution in [0.1, 0.15) is 40.3 Å². The molecule has 1 saturated carbocycles. The zero-order valence-corrected chi connectivity index (χ0v) is 20.8. The van der Waals surface area contributed by atoms with Crippen molar-refractivity contribution < 1.29 is 23.8 Å². The molecule has 4 aromatic rings. The topological polar surface area (TPSA) is 151 Å². The Morgan fingerprint density at radius 1 is 1.08 bits per heavy atom. The lowest BCUT2D eigenvalue weighted by atomic mass is 9.98. The molecule has 2 fully saturated rings. The molecule has 2 aromatic carbocycles. The van der Waals surface area contributed by atoms with Crippen LogP contribution in [0.25, 0.3) is 11.2 Å². The zero-order chi connectivity index (χ0) is 26.7. The van der Waals surface area contributed by atoms with Crippen molar-refractivity contribution >= 4 is 40.7 Å². The van der Waals surface area contributed by atoms with Gasteiger partial charge in [0.25, 0.3) is 5.56 Å². The molecule has 2 aliphatic rings. The minimum atomic E-state index is -1.38. The van der Waals surface area contributed by atoms with Gasteiger partial charge in [0.1, 0.15) is 16.6 Å². The molecule has 0 radical (unpaired) electrons. The number of benzene rings is 2. The Labute approximate surface area is 220 Å². The summed E-state index contributed by atoms with van der Waals surface area (Å²) in [5.74, 6) is -1.26. The van der Waals surface area contributed by atoms with E-state index in [1.807, 2.05) is 0 Å². The van der Waals surface area contributed by atoms with Gasteiger partial charge >= 0.3 is 11.9 Å². The van der Waals surface area contributed by atoms with Crippen molar-refractivity contribution in [3.63, 3.8) is 0 Å². The molecule has 0 amide bonds.